The summed E-state index contributed by atoms with van der Waals surface area (Å²) in [7, 11) is 0. The molecule has 0 aliphatic carbocycles. The molecule has 0 fully saturated rings. The standard InChI is InChI=1S/C26H28F2N4O3/c1-2-16-4-3-5-17(8-16)14-29-15-25(33)24(11-18-9-20(27)13-21(28)10-18)30-26(34)19-6-7-22-23(12-19)32-35-31-22/h3-10,12-13,24-25,29,31-33H,2,11,14-15H2,1H3,(H,30,34)/t24-,25+/m0/s1. The van der Waals surface area contributed by atoms with Crippen molar-refractivity contribution in [1.29, 1.82) is 0 Å². The number of carbonyl (C=O) groups is 1. The van der Waals surface area contributed by atoms with E-state index in [1.54, 1.807) is 18.2 Å². The number of benzene rings is 3. The lowest BCUT2D eigenvalue weighted by atomic mass is 10.00. The maximum Gasteiger partial charge on any atom is 0.251 e. The van der Waals surface area contributed by atoms with E-state index in [0.29, 0.717) is 29.0 Å². The van der Waals surface area contributed by atoms with Crippen LogP contribution in [0, 0.1) is 11.6 Å². The van der Waals surface area contributed by atoms with Gasteiger partial charge in [-0.15, -0.1) is 0 Å². The minimum Gasteiger partial charge on any atom is -0.390 e. The molecule has 0 unspecified atom stereocenters. The second kappa shape index (κ2) is 11.3. The van der Waals surface area contributed by atoms with E-state index in [1.807, 2.05) is 12.1 Å². The first-order valence-electron chi connectivity index (χ1n) is 11.5. The molecule has 1 amide bonds. The average molecular weight is 483 g/mol. The van der Waals surface area contributed by atoms with E-state index < -0.39 is 29.7 Å². The summed E-state index contributed by atoms with van der Waals surface area (Å²) in [5, 5.41) is 17.0. The van der Waals surface area contributed by atoms with Crippen LogP contribution in [0.1, 0.15) is 34.0 Å². The first-order valence-corrected chi connectivity index (χ1v) is 11.5. The van der Waals surface area contributed by atoms with Crippen molar-refractivity contribution < 1.29 is 23.6 Å². The minimum absolute atomic E-state index is 0.0441. The number of anilines is 2. The van der Waals surface area contributed by atoms with Crippen LogP contribution in [0.3, 0.4) is 0 Å². The van der Waals surface area contributed by atoms with Crippen molar-refractivity contribution in [3.8, 4) is 0 Å². The molecule has 9 heteroatoms. The van der Waals surface area contributed by atoms with Gasteiger partial charge in [-0.3, -0.25) is 4.79 Å². The Bertz CT molecular complexity index is 1170. The molecule has 5 N–H and O–H groups in total. The SMILES string of the molecule is CCc1cccc(CNC[C@@H](O)[C@H](Cc2cc(F)cc(F)c2)NC(=O)c2ccc3c(c2)NON3)c1. The Morgan fingerprint density at radius 2 is 1.71 bits per heavy atom. The zero-order valence-corrected chi connectivity index (χ0v) is 19.3. The number of nitrogens with one attached hydrogen (secondary N) is 4. The predicted molar refractivity (Wildman–Crippen MR) is 130 cm³/mol. The number of hydrogen-bond donors (Lipinski definition) is 5. The van der Waals surface area contributed by atoms with Gasteiger partial charge in [-0.2, -0.15) is 4.94 Å². The summed E-state index contributed by atoms with van der Waals surface area (Å²) in [6.07, 6.45) is -0.0466. The lowest BCUT2D eigenvalue weighted by Gasteiger charge is -2.25. The predicted octanol–water partition coefficient (Wildman–Crippen LogP) is 3.70. The Morgan fingerprint density at radius 3 is 2.49 bits per heavy atom. The van der Waals surface area contributed by atoms with Crippen LogP contribution >= 0.6 is 0 Å². The number of carbonyl (C=O) groups excluding carboxylic acids is 1. The number of fused-ring (bicyclic) bond motifs is 1. The van der Waals surface area contributed by atoms with Gasteiger partial charge in [-0.25, -0.2) is 19.7 Å². The zero-order chi connectivity index (χ0) is 24.8. The summed E-state index contributed by atoms with van der Waals surface area (Å²) in [5.74, 6) is -1.87. The third kappa shape index (κ3) is 6.54. The van der Waals surface area contributed by atoms with Gasteiger partial charge in [0.2, 0.25) is 0 Å². The van der Waals surface area contributed by atoms with Crippen LogP contribution in [0.25, 0.3) is 0 Å². The molecule has 0 saturated heterocycles. The zero-order valence-electron chi connectivity index (χ0n) is 19.3. The molecule has 0 saturated carbocycles. The van der Waals surface area contributed by atoms with Gasteiger partial charge in [0.05, 0.1) is 23.5 Å². The largest absolute Gasteiger partial charge is 0.390 e. The van der Waals surface area contributed by atoms with E-state index in [-0.39, 0.29) is 13.0 Å². The van der Waals surface area contributed by atoms with Gasteiger partial charge in [-0.1, -0.05) is 31.2 Å². The lowest BCUT2D eigenvalue weighted by Crippen LogP contribution is -2.48. The third-order valence-electron chi connectivity index (χ3n) is 5.84. The van der Waals surface area contributed by atoms with E-state index >= 15 is 0 Å². The molecule has 1 aliphatic heterocycles. The highest BCUT2D eigenvalue weighted by atomic mass is 19.1. The van der Waals surface area contributed by atoms with Crippen molar-refractivity contribution in [1.82, 2.24) is 10.6 Å². The number of aryl methyl sites for hydroxylation is 1. The van der Waals surface area contributed by atoms with Crippen molar-refractivity contribution in [2.24, 2.45) is 0 Å². The molecule has 1 aliphatic rings. The highest BCUT2D eigenvalue weighted by Gasteiger charge is 2.24. The van der Waals surface area contributed by atoms with Crippen molar-refractivity contribution in [3.63, 3.8) is 0 Å². The van der Waals surface area contributed by atoms with E-state index in [9.17, 15) is 18.7 Å². The highest BCUT2D eigenvalue weighted by Crippen LogP contribution is 2.27. The molecule has 0 spiro atoms. The van der Waals surface area contributed by atoms with Crippen LogP contribution in [0.4, 0.5) is 20.2 Å². The van der Waals surface area contributed by atoms with Crippen molar-refractivity contribution in [3.05, 3.63) is 94.6 Å². The van der Waals surface area contributed by atoms with E-state index in [2.05, 4.69) is 40.7 Å². The maximum absolute atomic E-state index is 13.8. The molecule has 0 bridgehead atoms. The normalized spacial score (nSPS) is 13.9. The van der Waals surface area contributed by atoms with Crippen LogP contribution in [-0.2, 0) is 24.3 Å². The van der Waals surface area contributed by atoms with E-state index in [1.165, 1.54) is 17.7 Å². The molecule has 0 aromatic heterocycles. The quantitative estimate of drug-likeness (QED) is 0.303. The Labute approximate surface area is 202 Å². The minimum atomic E-state index is -1.02. The van der Waals surface area contributed by atoms with Gasteiger partial charge < -0.3 is 15.7 Å². The molecule has 3 aromatic carbocycles. The number of rotatable bonds is 10. The molecule has 35 heavy (non-hydrogen) atoms. The van der Waals surface area contributed by atoms with Gasteiger partial charge in [0.25, 0.3) is 5.91 Å². The van der Waals surface area contributed by atoms with Gasteiger partial charge in [-0.05, 0) is 59.9 Å². The Morgan fingerprint density at radius 1 is 0.971 bits per heavy atom. The maximum atomic E-state index is 13.8. The Hall–Kier alpha value is -3.53. The molecule has 0 radical (unpaired) electrons. The summed E-state index contributed by atoms with van der Waals surface area (Å²) in [6, 6.07) is 15.4. The van der Waals surface area contributed by atoms with E-state index in [4.69, 9.17) is 4.94 Å². The summed E-state index contributed by atoms with van der Waals surface area (Å²) in [5.41, 5.74) is 9.53. The second-order valence-electron chi connectivity index (χ2n) is 8.50. The summed E-state index contributed by atoms with van der Waals surface area (Å²) < 4.78 is 27.5. The smallest absolute Gasteiger partial charge is 0.251 e. The topological polar surface area (TPSA) is 94.7 Å². The van der Waals surface area contributed by atoms with Crippen LogP contribution in [0.5, 0.6) is 0 Å². The van der Waals surface area contributed by atoms with Gasteiger partial charge >= 0.3 is 0 Å². The van der Waals surface area contributed by atoms with E-state index in [0.717, 1.165) is 18.1 Å². The van der Waals surface area contributed by atoms with Crippen molar-refractivity contribution in [2.45, 2.75) is 38.5 Å². The molecule has 4 rings (SSSR count). The van der Waals surface area contributed by atoms with Crippen LogP contribution in [0.2, 0.25) is 0 Å². The fourth-order valence-corrected chi connectivity index (χ4v) is 3.98. The monoisotopic (exact) mass is 482 g/mol. The molecule has 1 heterocycles. The number of amides is 1. The van der Waals surface area contributed by atoms with Crippen molar-refractivity contribution >= 4 is 17.3 Å². The number of aliphatic hydroxyl groups is 1. The fourth-order valence-electron chi connectivity index (χ4n) is 3.98. The molecule has 184 valence electrons. The summed E-state index contributed by atoms with van der Waals surface area (Å²) in [4.78, 5) is 17.9. The first kappa shape index (κ1) is 24.6. The van der Waals surface area contributed by atoms with Crippen LogP contribution in [0.15, 0.2) is 60.7 Å². The fraction of sp³-hybridized carbons (Fsp3) is 0.269. The first-order chi connectivity index (χ1) is 16.9. The van der Waals surface area contributed by atoms with Crippen LogP contribution < -0.4 is 21.6 Å². The van der Waals surface area contributed by atoms with Gasteiger partial charge in [0.15, 0.2) is 0 Å². The van der Waals surface area contributed by atoms with Crippen molar-refractivity contribution in [2.75, 3.05) is 17.5 Å². The molecule has 7 nitrogen and oxygen atoms in total. The lowest BCUT2D eigenvalue weighted by molar-refractivity contribution is 0.0830. The average Bonchev–Trinajstić information content (AvgIpc) is 3.31. The molecular formula is C26H28F2N4O3. The summed E-state index contributed by atoms with van der Waals surface area (Å²) in [6.45, 7) is 2.78. The number of hydrogen-bond acceptors (Lipinski definition) is 6. The Balaban J connectivity index is 1.45. The van der Waals surface area contributed by atoms with Gasteiger partial charge in [0.1, 0.15) is 11.6 Å². The number of halogens is 2. The summed E-state index contributed by atoms with van der Waals surface area (Å²) >= 11 is 0. The molecule has 3 aromatic rings. The molecule has 2 atom stereocenters. The Kier molecular flexibility index (Phi) is 7.91. The highest BCUT2D eigenvalue weighted by molar-refractivity contribution is 5.96. The third-order valence-corrected chi connectivity index (χ3v) is 5.84. The molecular weight excluding hydrogens is 454 g/mol. The number of aliphatic hydroxyl groups excluding tert-OH is 1. The second-order valence-corrected chi connectivity index (χ2v) is 8.50. The van der Waals surface area contributed by atoms with Crippen LogP contribution in [-0.4, -0.2) is 29.7 Å². The van der Waals surface area contributed by atoms with Gasteiger partial charge in [0, 0.05) is 24.7 Å².